The van der Waals surface area contributed by atoms with Crippen LogP contribution in [0, 0.1) is 0 Å². The Balaban J connectivity index is 1.89. The minimum atomic E-state index is -0.505. The number of carbonyl (C=O) groups excluding carboxylic acids is 2. The molecule has 1 aromatic heterocycles. The van der Waals surface area contributed by atoms with Crippen LogP contribution >= 0.6 is 11.6 Å². The van der Waals surface area contributed by atoms with Crippen LogP contribution in [0.25, 0.3) is 0 Å². The van der Waals surface area contributed by atoms with E-state index in [1.807, 2.05) is 0 Å². The van der Waals surface area contributed by atoms with Crippen LogP contribution in [-0.2, 0) is 4.79 Å². The maximum Gasteiger partial charge on any atom is 0.291 e. The molecule has 0 saturated carbocycles. The molecule has 1 aromatic carbocycles. The van der Waals surface area contributed by atoms with Crippen LogP contribution in [0.15, 0.2) is 41.9 Å². The number of amides is 2. The van der Waals surface area contributed by atoms with E-state index in [2.05, 4.69) is 25.8 Å². The summed E-state index contributed by atoms with van der Waals surface area (Å²) in [5.41, 5.74) is 3.42. The van der Waals surface area contributed by atoms with Gasteiger partial charge in [-0.25, -0.2) is 10.4 Å². The summed E-state index contributed by atoms with van der Waals surface area (Å²) in [7, 11) is 1.51. The third-order valence-corrected chi connectivity index (χ3v) is 3.29. The zero-order valence-corrected chi connectivity index (χ0v) is 14.4. The number of hydrazone groups is 1. The predicted molar refractivity (Wildman–Crippen MR) is 93.9 cm³/mol. The number of nitrogens with zero attached hydrogens (tertiary/aromatic N) is 3. The van der Waals surface area contributed by atoms with E-state index < -0.39 is 5.91 Å². The largest absolute Gasteiger partial charge is 0.495 e. The molecular formula is C16H16ClN5O3. The summed E-state index contributed by atoms with van der Waals surface area (Å²) in [4.78, 5) is 31.4. The van der Waals surface area contributed by atoms with E-state index >= 15 is 0 Å². The third-order valence-electron chi connectivity index (χ3n) is 3.00. The lowest BCUT2D eigenvalue weighted by molar-refractivity contribution is -0.115. The number of carbonyl (C=O) groups is 2. The average Bonchev–Trinajstić information content (AvgIpc) is 2.60. The first-order chi connectivity index (χ1) is 12.0. The zero-order chi connectivity index (χ0) is 18.2. The van der Waals surface area contributed by atoms with Gasteiger partial charge in [0.15, 0.2) is 0 Å². The second-order valence-corrected chi connectivity index (χ2v) is 5.36. The number of halogens is 1. The van der Waals surface area contributed by atoms with Gasteiger partial charge in [-0.1, -0.05) is 11.6 Å². The van der Waals surface area contributed by atoms with Crippen molar-refractivity contribution in [3.63, 3.8) is 0 Å². The molecule has 0 radical (unpaired) electrons. The molecule has 0 spiro atoms. The van der Waals surface area contributed by atoms with Crippen LogP contribution in [0.3, 0.4) is 0 Å². The normalized spacial score (nSPS) is 10.9. The summed E-state index contributed by atoms with van der Waals surface area (Å²) in [5, 5.41) is 6.95. The molecule has 9 heteroatoms. The van der Waals surface area contributed by atoms with E-state index in [0.717, 1.165) is 0 Å². The van der Waals surface area contributed by atoms with Gasteiger partial charge >= 0.3 is 0 Å². The van der Waals surface area contributed by atoms with Gasteiger partial charge in [-0.05, 0) is 25.1 Å². The smallest absolute Gasteiger partial charge is 0.291 e. The number of hydrogen-bond acceptors (Lipinski definition) is 6. The summed E-state index contributed by atoms with van der Waals surface area (Å²) in [6.07, 6.45) is 4.19. The summed E-state index contributed by atoms with van der Waals surface area (Å²) in [5.74, 6) is -0.282. The summed E-state index contributed by atoms with van der Waals surface area (Å²) in [6.45, 7) is 1.62. The van der Waals surface area contributed by atoms with E-state index in [4.69, 9.17) is 16.3 Å². The first-order valence-corrected chi connectivity index (χ1v) is 7.60. The highest BCUT2D eigenvalue weighted by atomic mass is 35.5. The van der Waals surface area contributed by atoms with Crippen LogP contribution in [0.4, 0.5) is 5.69 Å². The van der Waals surface area contributed by atoms with Crippen molar-refractivity contribution in [3.8, 4) is 5.75 Å². The fourth-order valence-electron chi connectivity index (χ4n) is 1.84. The Morgan fingerprint density at radius 1 is 1.32 bits per heavy atom. The fraction of sp³-hybridized carbons (Fsp3) is 0.188. The molecule has 0 aliphatic heterocycles. The van der Waals surface area contributed by atoms with Gasteiger partial charge in [-0.2, -0.15) is 5.10 Å². The molecule has 2 N–H and O–H groups in total. The molecule has 0 aliphatic carbocycles. The van der Waals surface area contributed by atoms with Crippen molar-refractivity contribution in [1.82, 2.24) is 15.4 Å². The Hall–Kier alpha value is -3.00. The SMILES string of the molecule is COc1ccc(NC(=O)CC(C)=NNC(=O)c2cnccn2)cc1Cl. The van der Waals surface area contributed by atoms with Crippen LogP contribution in [0.1, 0.15) is 23.8 Å². The van der Waals surface area contributed by atoms with Crippen molar-refractivity contribution in [2.24, 2.45) is 5.10 Å². The Morgan fingerprint density at radius 3 is 2.76 bits per heavy atom. The van der Waals surface area contributed by atoms with Crippen LogP contribution in [-0.4, -0.2) is 34.6 Å². The van der Waals surface area contributed by atoms with Crippen molar-refractivity contribution in [3.05, 3.63) is 47.5 Å². The first kappa shape index (κ1) is 18.3. The molecule has 1 heterocycles. The molecule has 0 saturated heterocycles. The van der Waals surface area contributed by atoms with E-state index in [0.29, 0.717) is 22.2 Å². The molecule has 8 nitrogen and oxygen atoms in total. The van der Waals surface area contributed by atoms with E-state index in [1.165, 1.54) is 25.7 Å². The second kappa shape index (κ2) is 8.74. The minimum absolute atomic E-state index is 0.00436. The van der Waals surface area contributed by atoms with Crippen molar-refractivity contribution < 1.29 is 14.3 Å². The molecule has 0 atom stereocenters. The number of rotatable bonds is 6. The maximum absolute atomic E-state index is 12.0. The Bertz CT molecular complexity index is 796. The number of ether oxygens (including phenoxy) is 1. The molecule has 0 unspecified atom stereocenters. The lowest BCUT2D eigenvalue weighted by Crippen LogP contribution is -2.22. The number of hydrogen-bond donors (Lipinski definition) is 2. The third kappa shape index (κ3) is 5.54. The summed E-state index contributed by atoms with van der Waals surface area (Å²) in [6, 6.07) is 4.91. The minimum Gasteiger partial charge on any atom is -0.495 e. The first-order valence-electron chi connectivity index (χ1n) is 7.22. The Morgan fingerprint density at radius 2 is 2.12 bits per heavy atom. The number of anilines is 1. The van der Waals surface area contributed by atoms with Crippen molar-refractivity contribution in [2.45, 2.75) is 13.3 Å². The maximum atomic E-state index is 12.0. The van der Waals surface area contributed by atoms with E-state index in [9.17, 15) is 9.59 Å². The quantitative estimate of drug-likeness (QED) is 0.606. The summed E-state index contributed by atoms with van der Waals surface area (Å²) >= 11 is 6.00. The number of nitrogens with one attached hydrogen (secondary N) is 2. The fourth-order valence-corrected chi connectivity index (χ4v) is 2.10. The number of aromatic nitrogens is 2. The standard InChI is InChI=1S/C16H16ClN5O3/c1-10(21-22-16(24)13-9-18-5-6-19-13)7-15(23)20-11-3-4-14(25-2)12(17)8-11/h3-6,8-9H,7H2,1-2H3,(H,20,23)(H,22,24). The average molecular weight is 362 g/mol. The van der Waals surface area contributed by atoms with Crippen LogP contribution < -0.4 is 15.5 Å². The van der Waals surface area contributed by atoms with Crippen LogP contribution in [0.2, 0.25) is 5.02 Å². The Labute approximate surface area is 149 Å². The summed E-state index contributed by atoms with van der Waals surface area (Å²) < 4.78 is 5.05. The molecule has 130 valence electrons. The van der Waals surface area contributed by atoms with Gasteiger partial charge in [0.1, 0.15) is 11.4 Å². The van der Waals surface area contributed by atoms with Gasteiger partial charge in [0.05, 0.1) is 24.8 Å². The molecule has 2 amide bonds. The monoisotopic (exact) mass is 361 g/mol. The number of benzene rings is 1. The molecule has 0 bridgehead atoms. The lowest BCUT2D eigenvalue weighted by Gasteiger charge is -2.08. The van der Waals surface area contributed by atoms with Crippen molar-refractivity contribution in [1.29, 1.82) is 0 Å². The van der Waals surface area contributed by atoms with Crippen LogP contribution in [0.5, 0.6) is 5.75 Å². The molecular weight excluding hydrogens is 346 g/mol. The lowest BCUT2D eigenvalue weighted by atomic mass is 10.2. The zero-order valence-electron chi connectivity index (χ0n) is 13.6. The van der Waals surface area contributed by atoms with E-state index in [1.54, 1.807) is 25.1 Å². The van der Waals surface area contributed by atoms with Crippen molar-refractivity contribution >= 4 is 34.8 Å². The van der Waals surface area contributed by atoms with Gasteiger partial charge in [-0.15, -0.1) is 0 Å². The molecule has 25 heavy (non-hydrogen) atoms. The van der Waals surface area contributed by atoms with Gasteiger partial charge in [-0.3, -0.25) is 14.6 Å². The van der Waals surface area contributed by atoms with Gasteiger partial charge in [0.2, 0.25) is 5.91 Å². The predicted octanol–water partition coefficient (Wildman–Crippen LogP) is 2.27. The molecule has 0 fully saturated rings. The number of methoxy groups -OCH3 is 1. The topological polar surface area (TPSA) is 106 Å². The van der Waals surface area contributed by atoms with Gasteiger partial charge in [0.25, 0.3) is 5.91 Å². The van der Waals surface area contributed by atoms with Crippen molar-refractivity contribution in [2.75, 3.05) is 12.4 Å². The van der Waals surface area contributed by atoms with Gasteiger partial charge < -0.3 is 10.1 Å². The highest BCUT2D eigenvalue weighted by Gasteiger charge is 2.09. The highest BCUT2D eigenvalue weighted by molar-refractivity contribution is 6.32. The second-order valence-electron chi connectivity index (χ2n) is 4.95. The van der Waals surface area contributed by atoms with Gasteiger partial charge in [0, 0.05) is 23.8 Å². The molecule has 2 aromatic rings. The highest BCUT2D eigenvalue weighted by Crippen LogP contribution is 2.27. The van der Waals surface area contributed by atoms with E-state index in [-0.39, 0.29) is 18.0 Å². The molecule has 2 rings (SSSR count). The Kier molecular flexibility index (Phi) is 6.41. The molecule has 0 aliphatic rings.